The van der Waals surface area contributed by atoms with Crippen molar-refractivity contribution in [1.29, 1.82) is 0 Å². The van der Waals surface area contributed by atoms with Gasteiger partial charge in [-0.3, -0.25) is 4.90 Å². The molecule has 1 heterocycles. The van der Waals surface area contributed by atoms with Gasteiger partial charge in [0, 0.05) is 12.6 Å². The van der Waals surface area contributed by atoms with Crippen molar-refractivity contribution in [1.82, 2.24) is 10.2 Å². The van der Waals surface area contributed by atoms with Gasteiger partial charge in [-0.2, -0.15) is 0 Å². The Labute approximate surface area is 94.4 Å². The van der Waals surface area contributed by atoms with Crippen molar-refractivity contribution in [3.8, 4) is 11.8 Å². The molecule has 15 heavy (non-hydrogen) atoms. The molecule has 2 heteroatoms. The number of piperidine rings is 1. The Morgan fingerprint density at radius 3 is 2.93 bits per heavy atom. The second-order valence-corrected chi connectivity index (χ2v) is 4.73. The summed E-state index contributed by atoms with van der Waals surface area (Å²) in [4.78, 5) is 2.48. The summed E-state index contributed by atoms with van der Waals surface area (Å²) >= 11 is 0. The lowest BCUT2D eigenvalue weighted by atomic mass is 9.98. The molecule has 1 aliphatic heterocycles. The van der Waals surface area contributed by atoms with E-state index in [9.17, 15) is 0 Å². The Balaban J connectivity index is 2.24. The van der Waals surface area contributed by atoms with Crippen LogP contribution < -0.4 is 5.32 Å². The van der Waals surface area contributed by atoms with Crippen molar-refractivity contribution in [2.45, 2.75) is 39.7 Å². The van der Waals surface area contributed by atoms with Gasteiger partial charge in [-0.1, -0.05) is 19.8 Å². The first-order valence-electron chi connectivity index (χ1n) is 6.07. The summed E-state index contributed by atoms with van der Waals surface area (Å²) in [5.74, 6) is 6.95. The lowest BCUT2D eigenvalue weighted by Gasteiger charge is -2.31. The highest BCUT2D eigenvalue weighted by atomic mass is 15.1. The van der Waals surface area contributed by atoms with Gasteiger partial charge in [0.2, 0.25) is 0 Å². The van der Waals surface area contributed by atoms with Crippen LogP contribution in [0.15, 0.2) is 0 Å². The van der Waals surface area contributed by atoms with Gasteiger partial charge in [-0.25, -0.2) is 0 Å². The topological polar surface area (TPSA) is 15.3 Å². The van der Waals surface area contributed by atoms with Crippen LogP contribution in [0.2, 0.25) is 0 Å². The zero-order valence-corrected chi connectivity index (χ0v) is 10.3. The number of hydrogen-bond donors (Lipinski definition) is 1. The summed E-state index contributed by atoms with van der Waals surface area (Å²) in [6.45, 7) is 10.9. The first kappa shape index (κ1) is 12.5. The van der Waals surface area contributed by atoms with E-state index in [0.29, 0.717) is 6.04 Å². The smallest absolute Gasteiger partial charge is 0.0601 e. The van der Waals surface area contributed by atoms with Crippen LogP contribution in [-0.2, 0) is 0 Å². The van der Waals surface area contributed by atoms with Crippen molar-refractivity contribution < 1.29 is 0 Å². The second kappa shape index (κ2) is 6.87. The minimum absolute atomic E-state index is 0.607. The zero-order chi connectivity index (χ0) is 11.1. The molecule has 0 bridgehead atoms. The molecule has 1 unspecified atom stereocenters. The fourth-order valence-corrected chi connectivity index (χ4v) is 2.05. The first-order valence-corrected chi connectivity index (χ1v) is 6.07. The highest BCUT2D eigenvalue weighted by molar-refractivity contribution is 4.98. The minimum atomic E-state index is 0.607. The fourth-order valence-electron chi connectivity index (χ4n) is 2.05. The van der Waals surface area contributed by atoms with Crippen LogP contribution >= 0.6 is 0 Å². The zero-order valence-electron chi connectivity index (χ0n) is 10.3. The van der Waals surface area contributed by atoms with Crippen LogP contribution in [0.4, 0.5) is 0 Å². The van der Waals surface area contributed by atoms with Crippen molar-refractivity contribution in [3.63, 3.8) is 0 Å². The number of nitrogens with one attached hydrogen (secondary N) is 1. The third-order valence-corrected chi connectivity index (χ3v) is 2.90. The maximum absolute atomic E-state index is 3.53. The van der Waals surface area contributed by atoms with Gasteiger partial charge in [0.15, 0.2) is 0 Å². The number of rotatable bonds is 4. The van der Waals surface area contributed by atoms with E-state index in [1.807, 2.05) is 6.92 Å². The summed E-state index contributed by atoms with van der Waals surface area (Å²) in [6.07, 6.45) is 2.70. The average molecular weight is 208 g/mol. The van der Waals surface area contributed by atoms with E-state index < -0.39 is 0 Å². The van der Waals surface area contributed by atoms with Gasteiger partial charge in [-0.05, 0) is 38.8 Å². The molecular formula is C13H24N2. The number of nitrogens with zero attached hydrogens (tertiary/aromatic N) is 1. The molecule has 2 nitrogen and oxygen atoms in total. The molecule has 0 saturated carbocycles. The minimum Gasteiger partial charge on any atom is -0.314 e. The Morgan fingerprint density at radius 1 is 1.47 bits per heavy atom. The summed E-state index contributed by atoms with van der Waals surface area (Å²) in [6, 6.07) is 0.607. The Hall–Kier alpha value is -0.520. The van der Waals surface area contributed by atoms with Gasteiger partial charge >= 0.3 is 0 Å². The van der Waals surface area contributed by atoms with Crippen LogP contribution in [0.5, 0.6) is 0 Å². The molecule has 1 atom stereocenters. The molecule has 0 aromatic carbocycles. The average Bonchev–Trinajstić information content (AvgIpc) is 2.24. The van der Waals surface area contributed by atoms with E-state index >= 15 is 0 Å². The van der Waals surface area contributed by atoms with Crippen molar-refractivity contribution in [2.24, 2.45) is 5.92 Å². The highest BCUT2D eigenvalue weighted by Gasteiger charge is 2.18. The van der Waals surface area contributed by atoms with E-state index in [1.165, 1.54) is 25.9 Å². The molecule has 1 rings (SSSR count). The molecule has 0 aromatic heterocycles. The first-order chi connectivity index (χ1) is 7.22. The van der Waals surface area contributed by atoms with Crippen molar-refractivity contribution in [3.05, 3.63) is 0 Å². The van der Waals surface area contributed by atoms with Crippen LogP contribution in [-0.4, -0.2) is 37.1 Å². The molecule has 1 aliphatic rings. The third-order valence-electron chi connectivity index (χ3n) is 2.90. The maximum Gasteiger partial charge on any atom is 0.0601 e. The Kier molecular flexibility index (Phi) is 5.75. The predicted octanol–water partition coefficient (Wildman–Crippen LogP) is 1.72. The van der Waals surface area contributed by atoms with Gasteiger partial charge in [0.25, 0.3) is 0 Å². The molecule has 0 amide bonds. The molecule has 0 radical (unpaired) electrons. The quantitative estimate of drug-likeness (QED) is 0.708. The third kappa shape index (κ3) is 5.20. The monoisotopic (exact) mass is 208 g/mol. The van der Waals surface area contributed by atoms with Crippen LogP contribution in [0, 0.1) is 17.8 Å². The Morgan fingerprint density at radius 2 is 2.27 bits per heavy atom. The lowest BCUT2D eigenvalue weighted by molar-refractivity contribution is 0.189. The van der Waals surface area contributed by atoms with Gasteiger partial charge in [-0.15, -0.1) is 5.92 Å². The van der Waals surface area contributed by atoms with E-state index in [4.69, 9.17) is 0 Å². The summed E-state index contributed by atoms with van der Waals surface area (Å²) in [5.41, 5.74) is 0. The molecule has 1 fully saturated rings. The van der Waals surface area contributed by atoms with Crippen LogP contribution in [0.3, 0.4) is 0 Å². The summed E-state index contributed by atoms with van der Waals surface area (Å²) in [7, 11) is 0. The molecule has 0 aromatic rings. The van der Waals surface area contributed by atoms with E-state index in [0.717, 1.165) is 19.0 Å². The number of hydrogen-bond acceptors (Lipinski definition) is 2. The predicted molar refractivity (Wildman–Crippen MR) is 65.8 cm³/mol. The van der Waals surface area contributed by atoms with E-state index in [2.05, 4.69) is 35.9 Å². The molecule has 1 saturated heterocycles. The summed E-state index contributed by atoms with van der Waals surface area (Å²) < 4.78 is 0. The lowest BCUT2D eigenvalue weighted by Crippen LogP contribution is -2.41. The van der Waals surface area contributed by atoms with Gasteiger partial charge in [0.05, 0.1) is 6.54 Å². The van der Waals surface area contributed by atoms with Gasteiger partial charge in [0.1, 0.15) is 0 Å². The van der Waals surface area contributed by atoms with E-state index in [1.54, 1.807) is 0 Å². The SMILES string of the molecule is CC#CCN1CCCC(CNC(C)C)C1. The van der Waals surface area contributed by atoms with Crippen LogP contribution in [0.1, 0.15) is 33.6 Å². The summed E-state index contributed by atoms with van der Waals surface area (Å²) in [5, 5.41) is 3.53. The normalized spacial score (nSPS) is 22.5. The van der Waals surface area contributed by atoms with Crippen molar-refractivity contribution >= 4 is 0 Å². The standard InChI is InChI=1S/C13H24N2/c1-4-5-8-15-9-6-7-13(11-15)10-14-12(2)3/h12-14H,6-11H2,1-3H3. The second-order valence-electron chi connectivity index (χ2n) is 4.73. The molecule has 0 aliphatic carbocycles. The molecule has 0 spiro atoms. The molecule has 86 valence electrons. The van der Waals surface area contributed by atoms with Crippen LogP contribution in [0.25, 0.3) is 0 Å². The Bertz CT molecular complexity index is 224. The molecular weight excluding hydrogens is 184 g/mol. The molecule has 1 N–H and O–H groups in total. The number of likely N-dealkylation sites (tertiary alicyclic amines) is 1. The van der Waals surface area contributed by atoms with Gasteiger partial charge < -0.3 is 5.32 Å². The largest absolute Gasteiger partial charge is 0.314 e. The van der Waals surface area contributed by atoms with E-state index in [-0.39, 0.29) is 0 Å². The van der Waals surface area contributed by atoms with Crippen molar-refractivity contribution in [2.75, 3.05) is 26.2 Å². The fraction of sp³-hybridized carbons (Fsp3) is 0.846. The highest BCUT2D eigenvalue weighted by Crippen LogP contribution is 2.15. The maximum atomic E-state index is 3.53.